The molecule has 0 aromatic rings. The molecule has 4 N–H and O–H groups in total. The maximum Gasteiger partial charge on any atom is 0.306 e. The number of aliphatic hydroxyl groups excluding tert-OH is 3. The third-order valence-electron chi connectivity index (χ3n) is 8.17. The molecule has 5 rings (SSSR count). The second-order valence-corrected chi connectivity index (χ2v) is 9.26. The predicted octanol–water partition coefficient (Wildman–Crippen LogP) is -0.943. The van der Waals surface area contributed by atoms with Gasteiger partial charge in [0.15, 0.2) is 11.6 Å². The van der Waals surface area contributed by atoms with Crippen molar-refractivity contribution in [3.63, 3.8) is 0 Å². The van der Waals surface area contributed by atoms with Crippen molar-refractivity contribution in [3.8, 4) is 0 Å². The first-order valence-corrected chi connectivity index (χ1v) is 9.52. The molecule has 152 valence electrons. The van der Waals surface area contributed by atoms with Crippen molar-refractivity contribution >= 4 is 11.8 Å². The summed E-state index contributed by atoms with van der Waals surface area (Å²) in [7, 11) is 0. The Morgan fingerprint density at radius 3 is 2.57 bits per heavy atom. The molecule has 1 spiro atoms. The highest BCUT2D eigenvalue weighted by atomic mass is 16.6. The highest BCUT2D eigenvalue weighted by molar-refractivity contribution is 5.96. The average Bonchev–Trinajstić information content (AvgIpc) is 2.91. The minimum atomic E-state index is -2.11. The molecule has 3 aliphatic carbocycles. The molecule has 2 saturated heterocycles. The van der Waals surface area contributed by atoms with Crippen LogP contribution in [0.3, 0.4) is 0 Å². The van der Waals surface area contributed by atoms with Crippen LogP contribution in [0.2, 0.25) is 0 Å². The zero-order valence-corrected chi connectivity index (χ0v) is 15.7. The van der Waals surface area contributed by atoms with Gasteiger partial charge in [-0.3, -0.25) is 9.59 Å². The quantitative estimate of drug-likeness (QED) is 0.307. The standard InChI is InChI=1S/C20H24O8/c1-7-4-10(21)15(25)18(3)12(7)13(23)16-19-6-27-20(26,17(18)19)14(24)8(2)9(19)5-11(22)28-16/h4,9,12-17,23-26H,2,5-6H2,1,3H3/t9-,12+,13+,14+,15+,16+,17+,18+,19+,20-/m0/s1. The van der Waals surface area contributed by atoms with Crippen molar-refractivity contribution in [2.75, 3.05) is 6.61 Å². The van der Waals surface area contributed by atoms with E-state index in [1.165, 1.54) is 6.08 Å². The molecule has 0 aromatic heterocycles. The molecule has 0 aromatic carbocycles. The SMILES string of the molecule is C=C1[C@@H](O)[C@]2(O)OC[C@]34[C@H](OC(=O)C[C@@H]13)[C@H](O)[C@H]1C(C)=CC(=O)[C@@H](O)[C@]1(C)[C@@H]24. The van der Waals surface area contributed by atoms with Gasteiger partial charge < -0.3 is 29.9 Å². The summed E-state index contributed by atoms with van der Waals surface area (Å²) < 4.78 is 11.3. The lowest BCUT2D eigenvalue weighted by Gasteiger charge is -2.67. The molecule has 8 heteroatoms. The van der Waals surface area contributed by atoms with Gasteiger partial charge in [0.25, 0.3) is 0 Å². The van der Waals surface area contributed by atoms with E-state index in [1.54, 1.807) is 13.8 Å². The molecule has 2 heterocycles. The molecule has 2 bridgehead atoms. The maximum atomic E-state index is 12.5. The topological polar surface area (TPSA) is 134 Å². The largest absolute Gasteiger partial charge is 0.459 e. The van der Waals surface area contributed by atoms with Gasteiger partial charge in [-0.2, -0.15) is 0 Å². The maximum absolute atomic E-state index is 12.5. The molecular weight excluding hydrogens is 368 g/mol. The Balaban J connectivity index is 1.83. The fraction of sp³-hybridized carbons (Fsp3) is 0.700. The number of ether oxygens (including phenoxy) is 2. The second kappa shape index (κ2) is 5.12. The van der Waals surface area contributed by atoms with Crippen LogP contribution < -0.4 is 0 Å². The molecule has 0 amide bonds. The van der Waals surface area contributed by atoms with Crippen molar-refractivity contribution in [2.45, 2.75) is 50.5 Å². The van der Waals surface area contributed by atoms with Crippen molar-refractivity contribution in [1.29, 1.82) is 0 Å². The van der Waals surface area contributed by atoms with Crippen LogP contribution in [0.4, 0.5) is 0 Å². The van der Waals surface area contributed by atoms with E-state index < -0.39 is 70.5 Å². The molecule has 28 heavy (non-hydrogen) atoms. The van der Waals surface area contributed by atoms with Gasteiger partial charge in [0.1, 0.15) is 18.3 Å². The highest BCUT2D eigenvalue weighted by Crippen LogP contribution is 2.73. The van der Waals surface area contributed by atoms with Gasteiger partial charge >= 0.3 is 5.97 Å². The molecular formula is C20H24O8. The Morgan fingerprint density at radius 1 is 1.21 bits per heavy atom. The molecule has 0 radical (unpaired) electrons. The average molecular weight is 392 g/mol. The molecule has 2 aliphatic heterocycles. The first-order valence-electron chi connectivity index (χ1n) is 9.52. The van der Waals surface area contributed by atoms with E-state index in [4.69, 9.17) is 9.47 Å². The molecule has 8 nitrogen and oxygen atoms in total. The van der Waals surface area contributed by atoms with Gasteiger partial charge in [0.05, 0.1) is 19.1 Å². The van der Waals surface area contributed by atoms with E-state index in [2.05, 4.69) is 6.58 Å². The predicted molar refractivity (Wildman–Crippen MR) is 92.3 cm³/mol. The normalized spacial score (nSPS) is 57.3. The summed E-state index contributed by atoms with van der Waals surface area (Å²) in [6.07, 6.45) is -4.01. The fourth-order valence-electron chi connectivity index (χ4n) is 7.29. The third-order valence-corrected chi connectivity index (χ3v) is 8.17. The lowest BCUT2D eigenvalue weighted by molar-refractivity contribution is -0.319. The summed E-state index contributed by atoms with van der Waals surface area (Å²) in [5.74, 6) is -5.48. The van der Waals surface area contributed by atoms with Crippen LogP contribution in [0.5, 0.6) is 0 Å². The Bertz CT molecular complexity index is 849. The molecule has 0 unspecified atom stereocenters. The number of carbonyl (C=O) groups is 2. The van der Waals surface area contributed by atoms with Gasteiger partial charge in [0, 0.05) is 28.6 Å². The van der Waals surface area contributed by atoms with Crippen molar-refractivity contribution < 1.29 is 39.5 Å². The zero-order chi connectivity index (χ0) is 20.4. The van der Waals surface area contributed by atoms with Crippen LogP contribution in [0.1, 0.15) is 20.3 Å². The minimum absolute atomic E-state index is 0.0747. The summed E-state index contributed by atoms with van der Waals surface area (Å²) >= 11 is 0. The first kappa shape index (κ1) is 18.4. The molecule has 10 atom stereocenters. The lowest BCUT2D eigenvalue weighted by atomic mass is 9.38. The Kier molecular flexibility index (Phi) is 3.37. The van der Waals surface area contributed by atoms with E-state index in [0.717, 1.165) is 0 Å². The second-order valence-electron chi connectivity index (χ2n) is 9.26. The number of esters is 1. The summed E-state index contributed by atoms with van der Waals surface area (Å²) in [4.78, 5) is 24.9. The van der Waals surface area contributed by atoms with Crippen LogP contribution in [0.25, 0.3) is 0 Å². The summed E-state index contributed by atoms with van der Waals surface area (Å²) in [6.45, 7) is 7.12. The summed E-state index contributed by atoms with van der Waals surface area (Å²) in [5.41, 5.74) is -1.65. The molecule has 2 saturated carbocycles. The Labute approximate surface area is 161 Å². The fourth-order valence-corrected chi connectivity index (χ4v) is 7.29. The highest BCUT2D eigenvalue weighted by Gasteiger charge is 2.83. The number of aliphatic hydroxyl groups is 4. The van der Waals surface area contributed by atoms with Crippen molar-refractivity contribution in [2.24, 2.45) is 28.6 Å². The van der Waals surface area contributed by atoms with Gasteiger partial charge in [-0.15, -0.1) is 0 Å². The van der Waals surface area contributed by atoms with E-state index in [0.29, 0.717) is 5.57 Å². The van der Waals surface area contributed by atoms with Crippen molar-refractivity contribution in [1.82, 2.24) is 0 Å². The lowest BCUT2D eigenvalue weighted by Crippen LogP contribution is -2.78. The Hall–Kier alpha value is -1.58. The van der Waals surface area contributed by atoms with E-state index in [-0.39, 0.29) is 18.6 Å². The van der Waals surface area contributed by atoms with Crippen molar-refractivity contribution in [3.05, 3.63) is 23.8 Å². The molecule has 4 fully saturated rings. The van der Waals surface area contributed by atoms with Crippen LogP contribution >= 0.6 is 0 Å². The number of carbonyl (C=O) groups excluding carboxylic acids is 2. The number of hydrogen-bond acceptors (Lipinski definition) is 8. The van der Waals surface area contributed by atoms with Gasteiger partial charge in [0.2, 0.25) is 0 Å². The summed E-state index contributed by atoms with van der Waals surface area (Å²) in [5, 5.41) is 44.6. The van der Waals surface area contributed by atoms with Crippen LogP contribution in [0, 0.1) is 28.6 Å². The van der Waals surface area contributed by atoms with Gasteiger partial charge in [-0.1, -0.05) is 19.1 Å². The zero-order valence-electron chi connectivity index (χ0n) is 15.7. The van der Waals surface area contributed by atoms with Crippen LogP contribution in [-0.4, -0.2) is 69.0 Å². The number of hydrogen-bond donors (Lipinski definition) is 4. The number of fused-ring (bicyclic) bond motifs is 1. The Morgan fingerprint density at radius 2 is 1.89 bits per heavy atom. The van der Waals surface area contributed by atoms with Crippen LogP contribution in [-0.2, 0) is 19.1 Å². The smallest absolute Gasteiger partial charge is 0.306 e. The molecule has 5 aliphatic rings. The van der Waals surface area contributed by atoms with Crippen LogP contribution in [0.15, 0.2) is 23.8 Å². The first-order chi connectivity index (χ1) is 13.0. The van der Waals surface area contributed by atoms with E-state index >= 15 is 0 Å². The summed E-state index contributed by atoms with van der Waals surface area (Å²) in [6, 6.07) is 0. The van der Waals surface area contributed by atoms with Gasteiger partial charge in [-0.25, -0.2) is 0 Å². The monoisotopic (exact) mass is 392 g/mol. The third kappa shape index (κ3) is 1.68. The minimum Gasteiger partial charge on any atom is -0.459 e. The van der Waals surface area contributed by atoms with Gasteiger partial charge in [-0.05, 0) is 18.6 Å². The van der Waals surface area contributed by atoms with E-state index in [9.17, 15) is 30.0 Å². The number of rotatable bonds is 0. The van der Waals surface area contributed by atoms with E-state index in [1.807, 2.05) is 0 Å². The number of ketones is 1.